The van der Waals surface area contributed by atoms with E-state index in [1.165, 1.54) is 27.8 Å². The first-order chi connectivity index (χ1) is 16.2. The average Bonchev–Trinajstić information content (AvgIpc) is 3.51. The molecule has 33 heavy (non-hydrogen) atoms. The van der Waals surface area contributed by atoms with E-state index in [1.807, 2.05) is 24.3 Å². The highest BCUT2D eigenvalue weighted by Gasteiger charge is 2.21. The zero-order valence-electron chi connectivity index (χ0n) is 18.0. The van der Waals surface area contributed by atoms with E-state index in [0.717, 1.165) is 46.2 Å². The largest absolute Gasteiger partial charge is 0.301 e. The van der Waals surface area contributed by atoms with Crippen LogP contribution in [-0.2, 0) is 25.1 Å². The van der Waals surface area contributed by atoms with Crippen LogP contribution in [0, 0.1) is 0 Å². The minimum atomic E-state index is -0.0316. The SMILES string of the molecule is C=CCn1c(CSc2nc3sc4c(c3c(=O)[nH]2)CCC4)nnc1SC/C=C/c1ccccc1. The van der Waals surface area contributed by atoms with Crippen molar-refractivity contribution in [1.82, 2.24) is 24.7 Å². The van der Waals surface area contributed by atoms with Crippen molar-refractivity contribution in [2.75, 3.05) is 5.75 Å². The van der Waals surface area contributed by atoms with Gasteiger partial charge in [-0.25, -0.2) is 4.98 Å². The highest BCUT2D eigenvalue weighted by Crippen LogP contribution is 2.35. The maximum Gasteiger partial charge on any atom is 0.260 e. The number of hydrogen-bond donors (Lipinski definition) is 1. The Bertz CT molecular complexity index is 1370. The third kappa shape index (κ3) is 4.85. The molecule has 0 unspecified atom stereocenters. The van der Waals surface area contributed by atoms with Crippen molar-refractivity contribution in [3.63, 3.8) is 0 Å². The topological polar surface area (TPSA) is 76.5 Å². The van der Waals surface area contributed by atoms with Crippen LogP contribution in [0.1, 0.15) is 28.2 Å². The number of nitrogens with zero attached hydrogens (tertiary/aromatic N) is 4. The van der Waals surface area contributed by atoms with Crippen LogP contribution in [0.2, 0.25) is 0 Å². The highest BCUT2D eigenvalue weighted by atomic mass is 32.2. The minimum Gasteiger partial charge on any atom is -0.301 e. The van der Waals surface area contributed by atoms with Crippen LogP contribution in [0.15, 0.2) is 64.2 Å². The van der Waals surface area contributed by atoms with Gasteiger partial charge in [0.15, 0.2) is 10.3 Å². The molecular weight excluding hydrogens is 470 g/mol. The lowest BCUT2D eigenvalue weighted by Gasteiger charge is -2.07. The molecule has 0 aliphatic heterocycles. The van der Waals surface area contributed by atoms with Gasteiger partial charge in [-0.3, -0.25) is 4.79 Å². The molecule has 0 saturated carbocycles. The van der Waals surface area contributed by atoms with Gasteiger partial charge in [0.25, 0.3) is 5.56 Å². The highest BCUT2D eigenvalue weighted by molar-refractivity contribution is 7.99. The lowest BCUT2D eigenvalue weighted by Crippen LogP contribution is -2.09. The fourth-order valence-electron chi connectivity index (χ4n) is 3.90. The molecule has 0 amide bonds. The Morgan fingerprint density at radius 2 is 2.06 bits per heavy atom. The third-order valence-corrected chi connectivity index (χ3v) is 8.39. The molecule has 0 fully saturated rings. The number of nitrogens with one attached hydrogen (secondary N) is 1. The standard InChI is InChI=1S/C24H23N5OS3/c1-2-13-29-19(27-28-24(29)31-14-7-10-16-8-4-3-5-9-16)15-32-23-25-21(30)20-17-11-6-12-18(17)33-22(20)26-23/h2-5,7-10H,1,6,11-15H2,(H,25,26,30)/b10-7+. The maximum absolute atomic E-state index is 12.7. The number of benzene rings is 1. The third-order valence-electron chi connectivity index (χ3n) is 5.41. The summed E-state index contributed by atoms with van der Waals surface area (Å²) in [4.78, 5) is 22.5. The Hall–Kier alpha value is -2.62. The van der Waals surface area contributed by atoms with Gasteiger partial charge in [-0.15, -0.1) is 28.1 Å². The summed E-state index contributed by atoms with van der Waals surface area (Å²) >= 11 is 4.78. The molecule has 1 aromatic carbocycles. The molecule has 4 aromatic rings. The van der Waals surface area contributed by atoms with Gasteiger partial charge in [0.1, 0.15) is 10.7 Å². The molecule has 0 saturated heterocycles. The van der Waals surface area contributed by atoms with Crippen molar-refractivity contribution < 1.29 is 0 Å². The number of allylic oxidation sites excluding steroid dienone is 1. The second-order valence-corrected chi connectivity index (χ2v) is 10.7. The van der Waals surface area contributed by atoms with Gasteiger partial charge < -0.3 is 9.55 Å². The fraction of sp³-hybridized carbons (Fsp3) is 0.250. The first kappa shape index (κ1) is 22.2. The number of fused-ring (bicyclic) bond motifs is 3. The summed E-state index contributed by atoms with van der Waals surface area (Å²) in [5.41, 5.74) is 2.35. The molecule has 1 aliphatic rings. The molecule has 0 atom stereocenters. The lowest BCUT2D eigenvalue weighted by molar-refractivity contribution is 0.700. The molecule has 0 bridgehead atoms. The monoisotopic (exact) mass is 493 g/mol. The van der Waals surface area contributed by atoms with Crippen LogP contribution < -0.4 is 5.56 Å². The first-order valence-corrected chi connectivity index (χ1v) is 13.6. The van der Waals surface area contributed by atoms with Crippen LogP contribution in [0.4, 0.5) is 0 Å². The summed E-state index contributed by atoms with van der Waals surface area (Å²) in [6.07, 6.45) is 9.26. The van der Waals surface area contributed by atoms with E-state index in [1.54, 1.807) is 23.1 Å². The van der Waals surface area contributed by atoms with Gasteiger partial charge in [0.05, 0.1) is 11.1 Å². The average molecular weight is 494 g/mol. The molecule has 168 valence electrons. The maximum atomic E-state index is 12.7. The zero-order chi connectivity index (χ0) is 22.6. The van der Waals surface area contributed by atoms with E-state index >= 15 is 0 Å². The van der Waals surface area contributed by atoms with Crippen molar-refractivity contribution >= 4 is 51.2 Å². The summed E-state index contributed by atoms with van der Waals surface area (Å²) in [6, 6.07) is 10.2. The second-order valence-electron chi connectivity index (χ2n) is 7.62. The molecule has 1 N–H and O–H groups in total. The van der Waals surface area contributed by atoms with E-state index in [2.05, 4.69) is 50.6 Å². The molecule has 3 heterocycles. The minimum absolute atomic E-state index is 0.0316. The summed E-state index contributed by atoms with van der Waals surface area (Å²) in [5, 5.41) is 11.0. The van der Waals surface area contributed by atoms with Crippen LogP contribution in [-0.4, -0.2) is 30.5 Å². The second kappa shape index (κ2) is 10.1. The van der Waals surface area contributed by atoms with Gasteiger partial charge in [-0.2, -0.15) is 0 Å². The number of rotatable bonds is 9. The van der Waals surface area contributed by atoms with Gasteiger partial charge in [0, 0.05) is 17.2 Å². The van der Waals surface area contributed by atoms with E-state index in [0.29, 0.717) is 17.5 Å². The molecule has 6 nitrogen and oxygen atoms in total. The van der Waals surface area contributed by atoms with E-state index < -0.39 is 0 Å². The Balaban J connectivity index is 1.28. The van der Waals surface area contributed by atoms with Crippen molar-refractivity contribution in [3.8, 4) is 0 Å². The Labute approximate surface area is 204 Å². The predicted octanol–water partition coefficient (Wildman–Crippen LogP) is 5.35. The van der Waals surface area contributed by atoms with Gasteiger partial charge in [-0.05, 0) is 30.4 Å². The van der Waals surface area contributed by atoms with Crippen LogP contribution in [0.25, 0.3) is 16.3 Å². The summed E-state index contributed by atoms with van der Waals surface area (Å²) in [5.74, 6) is 2.21. The van der Waals surface area contributed by atoms with Crippen molar-refractivity contribution in [2.45, 2.75) is 41.9 Å². The molecular formula is C24H23N5OS3. The number of aromatic nitrogens is 5. The number of aryl methyl sites for hydroxylation is 2. The van der Waals surface area contributed by atoms with Crippen molar-refractivity contribution in [2.24, 2.45) is 0 Å². The molecule has 1 aliphatic carbocycles. The Morgan fingerprint density at radius 3 is 2.91 bits per heavy atom. The van der Waals surface area contributed by atoms with Crippen LogP contribution >= 0.6 is 34.9 Å². The molecule has 0 radical (unpaired) electrons. The van der Waals surface area contributed by atoms with E-state index in [9.17, 15) is 4.79 Å². The van der Waals surface area contributed by atoms with Crippen molar-refractivity contribution in [3.05, 3.63) is 81.2 Å². The molecule has 9 heteroatoms. The Kier molecular flexibility index (Phi) is 6.80. The number of hydrogen-bond acceptors (Lipinski definition) is 7. The van der Waals surface area contributed by atoms with Crippen molar-refractivity contribution in [1.29, 1.82) is 0 Å². The normalized spacial score (nSPS) is 13.2. The number of thiophene rings is 1. The van der Waals surface area contributed by atoms with Gasteiger partial charge >= 0.3 is 0 Å². The summed E-state index contributed by atoms with van der Waals surface area (Å²) in [6.45, 7) is 4.51. The van der Waals surface area contributed by atoms with Gasteiger partial charge in [0.2, 0.25) is 0 Å². The quantitative estimate of drug-likeness (QED) is 0.192. The van der Waals surface area contributed by atoms with Crippen LogP contribution in [0.3, 0.4) is 0 Å². The predicted molar refractivity (Wildman–Crippen MR) is 138 cm³/mol. The fourth-order valence-corrected chi connectivity index (χ4v) is 6.80. The first-order valence-electron chi connectivity index (χ1n) is 10.8. The molecule has 5 rings (SSSR count). The van der Waals surface area contributed by atoms with E-state index in [-0.39, 0.29) is 5.56 Å². The smallest absolute Gasteiger partial charge is 0.260 e. The number of aromatic amines is 1. The summed E-state index contributed by atoms with van der Waals surface area (Å²) in [7, 11) is 0. The molecule has 0 spiro atoms. The van der Waals surface area contributed by atoms with Crippen LogP contribution in [0.5, 0.6) is 0 Å². The summed E-state index contributed by atoms with van der Waals surface area (Å²) < 4.78 is 2.07. The van der Waals surface area contributed by atoms with Gasteiger partial charge in [-0.1, -0.05) is 72.1 Å². The number of thioether (sulfide) groups is 2. The molecule has 3 aromatic heterocycles. The van der Waals surface area contributed by atoms with E-state index in [4.69, 9.17) is 4.98 Å². The Morgan fingerprint density at radius 1 is 1.18 bits per heavy atom. The zero-order valence-corrected chi connectivity index (χ0v) is 20.4. The lowest BCUT2D eigenvalue weighted by atomic mass is 10.2. The number of H-pyrrole nitrogens is 1.